The minimum Gasteiger partial charge on any atom is -0.512 e. The first-order valence-corrected chi connectivity index (χ1v) is 13.1. The molecule has 2 aromatic rings. The Bertz CT molecular complexity index is 1150. The molecule has 34 heavy (non-hydrogen) atoms. The Labute approximate surface area is 201 Å². The number of hydrogen-bond donors (Lipinski definition) is 3. The molecule has 1 aliphatic rings. The molecule has 1 unspecified atom stereocenters. The van der Waals surface area contributed by atoms with Crippen LogP contribution in [0.3, 0.4) is 0 Å². The number of nitrogen functional groups attached to an aromatic ring is 1. The summed E-state index contributed by atoms with van der Waals surface area (Å²) < 4.78 is 33.9. The smallest absolute Gasteiger partial charge is 0.338 e. The van der Waals surface area contributed by atoms with Gasteiger partial charge in [0.05, 0.1) is 17.5 Å². The third-order valence-corrected chi connectivity index (χ3v) is 7.37. The second-order valence-corrected chi connectivity index (χ2v) is 10.4. The number of aliphatic hydroxyl groups excluding tert-OH is 1. The van der Waals surface area contributed by atoms with E-state index in [-0.39, 0.29) is 16.4 Å². The molecule has 1 aromatic carbocycles. The van der Waals surface area contributed by atoms with Crippen molar-refractivity contribution in [1.29, 1.82) is 0 Å². The van der Waals surface area contributed by atoms with Gasteiger partial charge in [0, 0.05) is 18.0 Å². The molecule has 1 aromatic heterocycles. The van der Waals surface area contributed by atoms with Crippen LogP contribution in [0, 0.1) is 0 Å². The predicted octanol–water partition coefficient (Wildman–Crippen LogP) is 5.06. The standard InChI is InChI=1S/C25H33N3O5S/c1-4-12-25(13-5-2)15-21(29)23(24(30)33-25)20(6-3)17-8-7-9-19(14-17)28-34(31,32)22-11-10-18(26)16-27-22/h7-11,14,16,20,28-29H,4-6,12-13,15,26H2,1-3H3. The van der Waals surface area contributed by atoms with Crippen molar-refractivity contribution in [2.75, 3.05) is 10.5 Å². The van der Waals surface area contributed by atoms with Gasteiger partial charge < -0.3 is 15.6 Å². The first kappa shape index (κ1) is 25.6. The van der Waals surface area contributed by atoms with Gasteiger partial charge in [-0.3, -0.25) is 4.72 Å². The van der Waals surface area contributed by atoms with Crippen molar-refractivity contribution in [1.82, 2.24) is 4.98 Å². The van der Waals surface area contributed by atoms with E-state index in [2.05, 4.69) is 9.71 Å². The van der Waals surface area contributed by atoms with Gasteiger partial charge in [-0.15, -0.1) is 0 Å². The van der Waals surface area contributed by atoms with Crippen LogP contribution in [0.2, 0.25) is 0 Å². The number of benzene rings is 1. The lowest BCUT2D eigenvalue weighted by Crippen LogP contribution is -2.41. The maximum absolute atomic E-state index is 13.1. The monoisotopic (exact) mass is 487 g/mol. The van der Waals surface area contributed by atoms with Crippen LogP contribution >= 0.6 is 0 Å². The van der Waals surface area contributed by atoms with Crippen molar-refractivity contribution < 1.29 is 23.1 Å². The number of carbonyl (C=O) groups is 1. The molecule has 0 saturated carbocycles. The SMILES string of the molecule is CCCC1(CCC)CC(O)=C(C(CC)c2cccc(NS(=O)(=O)c3ccc(N)cn3)c2)C(=O)O1. The summed E-state index contributed by atoms with van der Waals surface area (Å²) in [5.41, 5.74) is 6.55. The number of nitrogens with one attached hydrogen (secondary N) is 1. The van der Waals surface area contributed by atoms with Crippen LogP contribution in [0.4, 0.5) is 11.4 Å². The number of sulfonamides is 1. The van der Waals surface area contributed by atoms with E-state index in [1.54, 1.807) is 24.3 Å². The number of rotatable bonds is 10. The number of nitrogens with zero attached hydrogens (tertiary/aromatic N) is 1. The average molecular weight is 488 g/mol. The fourth-order valence-corrected chi connectivity index (χ4v) is 5.63. The number of aliphatic hydroxyl groups is 1. The topological polar surface area (TPSA) is 132 Å². The van der Waals surface area contributed by atoms with Gasteiger partial charge in [0.1, 0.15) is 11.4 Å². The third kappa shape index (κ3) is 5.52. The van der Waals surface area contributed by atoms with Crippen LogP contribution in [-0.2, 0) is 19.6 Å². The molecule has 0 spiro atoms. The lowest BCUT2D eigenvalue weighted by molar-refractivity contribution is -0.161. The second kappa shape index (κ2) is 10.5. The minimum atomic E-state index is -3.92. The van der Waals surface area contributed by atoms with Gasteiger partial charge in [-0.2, -0.15) is 8.42 Å². The molecule has 0 saturated heterocycles. The van der Waals surface area contributed by atoms with Crippen LogP contribution in [0.5, 0.6) is 0 Å². The zero-order valence-corrected chi connectivity index (χ0v) is 20.7. The third-order valence-electron chi connectivity index (χ3n) is 6.07. The molecule has 2 heterocycles. The summed E-state index contributed by atoms with van der Waals surface area (Å²) in [6.07, 6.45) is 5.17. The Balaban J connectivity index is 1.91. The molecule has 0 aliphatic carbocycles. The molecular formula is C25H33N3O5S. The number of nitrogens with two attached hydrogens (primary N) is 1. The summed E-state index contributed by atoms with van der Waals surface area (Å²) >= 11 is 0. The minimum absolute atomic E-state index is 0.0575. The molecule has 0 fully saturated rings. The number of carbonyl (C=O) groups excluding carboxylic acids is 1. The van der Waals surface area contributed by atoms with E-state index in [0.717, 1.165) is 12.8 Å². The maximum atomic E-state index is 13.1. The number of esters is 1. The molecule has 1 aliphatic heterocycles. The van der Waals surface area contributed by atoms with E-state index in [1.165, 1.54) is 18.3 Å². The molecule has 9 heteroatoms. The molecule has 4 N–H and O–H groups in total. The highest BCUT2D eigenvalue weighted by Gasteiger charge is 2.42. The van der Waals surface area contributed by atoms with Crippen LogP contribution in [-0.4, -0.2) is 30.1 Å². The van der Waals surface area contributed by atoms with Crippen LogP contribution in [0.15, 0.2) is 59.0 Å². The first-order valence-electron chi connectivity index (χ1n) is 11.6. The average Bonchev–Trinajstić information content (AvgIpc) is 2.77. The van der Waals surface area contributed by atoms with E-state index in [0.29, 0.717) is 42.6 Å². The Kier molecular flexibility index (Phi) is 7.86. The molecule has 1 atom stereocenters. The zero-order valence-electron chi connectivity index (χ0n) is 19.9. The normalized spacial score (nSPS) is 16.7. The summed E-state index contributed by atoms with van der Waals surface area (Å²) in [7, 11) is -3.92. The Hall–Kier alpha value is -3.07. The predicted molar refractivity (Wildman–Crippen MR) is 132 cm³/mol. The first-order chi connectivity index (χ1) is 16.1. The summed E-state index contributed by atoms with van der Waals surface area (Å²) in [5.74, 6) is -0.885. The highest BCUT2D eigenvalue weighted by molar-refractivity contribution is 7.92. The van der Waals surface area contributed by atoms with Crippen LogP contribution < -0.4 is 10.5 Å². The lowest BCUT2D eigenvalue weighted by Gasteiger charge is -2.38. The van der Waals surface area contributed by atoms with Crippen molar-refractivity contribution >= 4 is 27.4 Å². The van der Waals surface area contributed by atoms with Crippen molar-refractivity contribution in [3.05, 3.63) is 59.5 Å². The number of aromatic nitrogens is 1. The number of hydrogen-bond acceptors (Lipinski definition) is 7. The lowest BCUT2D eigenvalue weighted by atomic mass is 9.80. The molecule has 0 amide bonds. The molecule has 8 nitrogen and oxygen atoms in total. The zero-order chi connectivity index (χ0) is 24.9. The van der Waals surface area contributed by atoms with Gasteiger partial charge in [-0.1, -0.05) is 45.7 Å². The van der Waals surface area contributed by atoms with Gasteiger partial charge in [-0.25, -0.2) is 9.78 Å². The fraction of sp³-hybridized carbons (Fsp3) is 0.440. The highest BCUT2D eigenvalue weighted by atomic mass is 32.2. The summed E-state index contributed by atoms with van der Waals surface area (Å²) in [6.45, 7) is 5.97. The van der Waals surface area contributed by atoms with Crippen LogP contribution in [0.25, 0.3) is 0 Å². The van der Waals surface area contributed by atoms with Crippen LogP contribution in [0.1, 0.15) is 70.8 Å². The Morgan fingerprint density at radius 2 is 1.88 bits per heavy atom. The van der Waals surface area contributed by atoms with Gasteiger partial charge >= 0.3 is 5.97 Å². The molecule has 3 rings (SSSR count). The fourth-order valence-electron chi connectivity index (χ4n) is 4.65. The summed E-state index contributed by atoms with van der Waals surface area (Å²) in [5, 5.41) is 10.8. The van der Waals surface area contributed by atoms with Gasteiger partial charge in [0.2, 0.25) is 0 Å². The maximum Gasteiger partial charge on any atom is 0.338 e. The molecule has 184 valence electrons. The second-order valence-electron chi connectivity index (χ2n) is 8.73. The molecular weight excluding hydrogens is 454 g/mol. The van der Waals surface area contributed by atoms with Crippen molar-refractivity contribution in [2.45, 2.75) is 75.8 Å². The van der Waals surface area contributed by atoms with Crippen molar-refractivity contribution in [2.24, 2.45) is 0 Å². The number of cyclic esters (lactones) is 1. The summed E-state index contributed by atoms with van der Waals surface area (Å²) in [6, 6.07) is 9.59. The Morgan fingerprint density at radius 3 is 2.44 bits per heavy atom. The van der Waals surface area contributed by atoms with Crippen molar-refractivity contribution in [3.8, 4) is 0 Å². The van der Waals surface area contributed by atoms with Gasteiger partial charge in [-0.05, 0) is 49.1 Å². The Morgan fingerprint density at radius 1 is 1.18 bits per heavy atom. The molecule has 0 bridgehead atoms. The van der Waals surface area contributed by atoms with Crippen molar-refractivity contribution in [3.63, 3.8) is 0 Å². The molecule has 0 radical (unpaired) electrons. The van der Waals surface area contributed by atoms with E-state index >= 15 is 0 Å². The number of ether oxygens (including phenoxy) is 1. The number of pyridine rings is 1. The van der Waals surface area contributed by atoms with E-state index in [1.807, 2.05) is 20.8 Å². The quantitative estimate of drug-likeness (QED) is 0.399. The number of anilines is 2. The summed E-state index contributed by atoms with van der Waals surface area (Å²) in [4.78, 5) is 17.0. The highest BCUT2D eigenvalue weighted by Crippen LogP contribution is 2.42. The largest absolute Gasteiger partial charge is 0.512 e. The van der Waals surface area contributed by atoms with E-state index in [9.17, 15) is 18.3 Å². The van der Waals surface area contributed by atoms with Gasteiger partial charge in [0.15, 0.2) is 5.03 Å². The van der Waals surface area contributed by atoms with Gasteiger partial charge in [0.25, 0.3) is 10.0 Å². The van der Waals surface area contributed by atoms with E-state index in [4.69, 9.17) is 10.5 Å². The van der Waals surface area contributed by atoms with E-state index < -0.39 is 27.5 Å².